The third-order valence-electron chi connectivity index (χ3n) is 5.98. The van der Waals surface area contributed by atoms with Gasteiger partial charge < -0.3 is 24.6 Å². The molecule has 0 bridgehead atoms. The summed E-state index contributed by atoms with van der Waals surface area (Å²) in [5.41, 5.74) is 1.27. The first-order chi connectivity index (χ1) is 15.7. The Kier molecular flexibility index (Phi) is 7.55. The van der Waals surface area contributed by atoms with Crippen LogP contribution in [0.2, 0.25) is 0 Å². The van der Waals surface area contributed by atoms with Crippen molar-refractivity contribution in [2.75, 3.05) is 51.3 Å². The van der Waals surface area contributed by atoms with E-state index in [2.05, 4.69) is 10.3 Å². The zero-order valence-corrected chi connectivity index (χ0v) is 18.2. The molecule has 0 saturated carbocycles. The first kappa shape index (κ1) is 22.1. The summed E-state index contributed by atoms with van der Waals surface area (Å²) in [5.74, 6) is 1.34. The molecule has 8 nitrogen and oxygen atoms in total. The lowest BCUT2D eigenvalue weighted by Crippen LogP contribution is -2.51. The van der Waals surface area contributed by atoms with Crippen LogP contribution in [0.1, 0.15) is 29.6 Å². The van der Waals surface area contributed by atoms with Gasteiger partial charge in [0.1, 0.15) is 5.75 Å². The number of amides is 3. The summed E-state index contributed by atoms with van der Waals surface area (Å²) in [7, 11) is 0. The van der Waals surface area contributed by atoms with E-state index < -0.39 is 0 Å². The predicted octanol–water partition coefficient (Wildman–Crippen LogP) is 3.27. The number of anilines is 1. The molecule has 1 aromatic carbocycles. The molecular formula is C24H30N4O4. The SMILES string of the molecule is O=C(Nc1cccnc1)N1CCN(C(=O)c2cccc(OCCC3CCOCC3)c2)CC1. The van der Waals surface area contributed by atoms with E-state index in [1.54, 1.807) is 34.3 Å². The van der Waals surface area contributed by atoms with Crippen molar-refractivity contribution in [2.24, 2.45) is 5.92 Å². The van der Waals surface area contributed by atoms with Crippen LogP contribution in [-0.2, 0) is 4.74 Å². The molecule has 2 aliphatic heterocycles. The van der Waals surface area contributed by atoms with E-state index in [9.17, 15) is 9.59 Å². The molecule has 0 aliphatic carbocycles. The second-order valence-corrected chi connectivity index (χ2v) is 8.17. The Bertz CT molecular complexity index is 894. The number of hydrogen-bond acceptors (Lipinski definition) is 5. The van der Waals surface area contributed by atoms with Crippen LogP contribution in [0.4, 0.5) is 10.5 Å². The van der Waals surface area contributed by atoms with Crippen LogP contribution < -0.4 is 10.1 Å². The summed E-state index contributed by atoms with van der Waals surface area (Å²) in [5, 5.41) is 2.84. The second kappa shape index (κ2) is 10.9. The largest absolute Gasteiger partial charge is 0.494 e. The number of hydrogen-bond donors (Lipinski definition) is 1. The van der Waals surface area contributed by atoms with E-state index >= 15 is 0 Å². The number of rotatable bonds is 6. The van der Waals surface area contributed by atoms with Crippen LogP contribution in [0, 0.1) is 5.92 Å². The van der Waals surface area contributed by atoms with E-state index in [1.807, 2.05) is 24.3 Å². The van der Waals surface area contributed by atoms with Crippen molar-refractivity contribution in [2.45, 2.75) is 19.3 Å². The average molecular weight is 439 g/mol. The van der Waals surface area contributed by atoms with Crippen molar-refractivity contribution < 1.29 is 19.1 Å². The molecule has 3 amide bonds. The van der Waals surface area contributed by atoms with Gasteiger partial charge in [0.15, 0.2) is 0 Å². The van der Waals surface area contributed by atoms with E-state index in [-0.39, 0.29) is 11.9 Å². The lowest BCUT2D eigenvalue weighted by molar-refractivity contribution is 0.0592. The summed E-state index contributed by atoms with van der Waals surface area (Å²) >= 11 is 0. The van der Waals surface area contributed by atoms with Crippen molar-refractivity contribution in [1.29, 1.82) is 0 Å². The molecule has 3 heterocycles. The normalized spacial score (nSPS) is 17.1. The van der Waals surface area contributed by atoms with Gasteiger partial charge in [-0.3, -0.25) is 9.78 Å². The molecule has 0 radical (unpaired) electrons. The molecule has 2 fully saturated rings. The quantitative estimate of drug-likeness (QED) is 0.748. The van der Waals surface area contributed by atoms with Gasteiger partial charge in [0.05, 0.1) is 18.5 Å². The average Bonchev–Trinajstić information content (AvgIpc) is 2.85. The van der Waals surface area contributed by atoms with Crippen LogP contribution in [0.3, 0.4) is 0 Å². The zero-order valence-electron chi connectivity index (χ0n) is 18.2. The summed E-state index contributed by atoms with van der Waals surface area (Å²) < 4.78 is 11.3. The van der Waals surface area contributed by atoms with E-state index in [1.165, 1.54) is 0 Å². The van der Waals surface area contributed by atoms with Gasteiger partial charge in [0.25, 0.3) is 5.91 Å². The highest BCUT2D eigenvalue weighted by Gasteiger charge is 2.25. The number of piperazine rings is 1. The fraction of sp³-hybridized carbons (Fsp3) is 0.458. The number of ether oxygens (including phenoxy) is 2. The molecule has 170 valence electrons. The van der Waals surface area contributed by atoms with Crippen LogP contribution >= 0.6 is 0 Å². The number of carbonyl (C=O) groups is 2. The molecule has 2 aromatic rings. The highest BCUT2D eigenvalue weighted by Crippen LogP contribution is 2.21. The summed E-state index contributed by atoms with van der Waals surface area (Å²) in [4.78, 5) is 32.9. The van der Waals surface area contributed by atoms with Crippen molar-refractivity contribution in [1.82, 2.24) is 14.8 Å². The van der Waals surface area contributed by atoms with E-state index in [0.717, 1.165) is 38.2 Å². The van der Waals surface area contributed by atoms with Crippen LogP contribution in [0.5, 0.6) is 5.75 Å². The minimum absolute atomic E-state index is 0.0350. The van der Waals surface area contributed by atoms with Gasteiger partial charge in [0, 0.05) is 51.2 Å². The van der Waals surface area contributed by atoms with Gasteiger partial charge in [-0.15, -0.1) is 0 Å². The molecule has 8 heteroatoms. The molecule has 32 heavy (non-hydrogen) atoms. The Morgan fingerprint density at radius 3 is 2.59 bits per heavy atom. The number of aromatic nitrogens is 1. The summed E-state index contributed by atoms with van der Waals surface area (Å²) in [6, 6.07) is 10.8. The number of nitrogens with one attached hydrogen (secondary N) is 1. The van der Waals surface area contributed by atoms with Gasteiger partial charge in [-0.1, -0.05) is 6.07 Å². The third kappa shape index (κ3) is 5.97. The zero-order chi connectivity index (χ0) is 22.2. The Hall–Kier alpha value is -3.13. The Balaban J connectivity index is 1.24. The first-order valence-corrected chi connectivity index (χ1v) is 11.2. The number of benzene rings is 1. The lowest BCUT2D eigenvalue weighted by Gasteiger charge is -2.34. The molecule has 2 aliphatic rings. The van der Waals surface area contributed by atoms with Crippen molar-refractivity contribution in [3.8, 4) is 5.75 Å². The highest BCUT2D eigenvalue weighted by molar-refractivity contribution is 5.95. The topological polar surface area (TPSA) is 84.0 Å². The first-order valence-electron chi connectivity index (χ1n) is 11.2. The van der Waals surface area contributed by atoms with Gasteiger partial charge in [-0.05, 0) is 55.5 Å². The second-order valence-electron chi connectivity index (χ2n) is 8.17. The van der Waals surface area contributed by atoms with Gasteiger partial charge in [-0.25, -0.2) is 4.79 Å². The van der Waals surface area contributed by atoms with E-state index in [4.69, 9.17) is 9.47 Å². The standard InChI is InChI=1S/C24H30N4O4/c29-23(20-3-1-5-22(17-20)32-16-8-19-6-14-31-15-7-19)27-10-12-28(13-11-27)24(30)26-21-4-2-9-25-18-21/h1-5,9,17-19H,6-8,10-16H2,(H,26,30). The number of urea groups is 1. The van der Waals surface area contributed by atoms with E-state index in [0.29, 0.717) is 50.0 Å². The fourth-order valence-corrected chi connectivity index (χ4v) is 4.03. The molecule has 4 rings (SSSR count). The van der Waals surface area contributed by atoms with Crippen LogP contribution in [-0.4, -0.2) is 72.7 Å². The molecule has 0 atom stereocenters. The fourth-order valence-electron chi connectivity index (χ4n) is 4.03. The molecule has 1 N–H and O–H groups in total. The smallest absolute Gasteiger partial charge is 0.322 e. The third-order valence-corrected chi connectivity index (χ3v) is 5.98. The van der Waals surface area contributed by atoms with Crippen LogP contribution in [0.25, 0.3) is 0 Å². The minimum atomic E-state index is -0.176. The Morgan fingerprint density at radius 2 is 1.84 bits per heavy atom. The summed E-state index contributed by atoms with van der Waals surface area (Å²) in [6.45, 7) is 4.29. The van der Waals surface area contributed by atoms with Gasteiger partial charge >= 0.3 is 6.03 Å². The predicted molar refractivity (Wildman–Crippen MR) is 121 cm³/mol. The van der Waals surface area contributed by atoms with Crippen LogP contribution in [0.15, 0.2) is 48.8 Å². The lowest BCUT2D eigenvalue weighted by atomic mass is 9.97. The molecule has 2 saturated heterocycles. The maximum Gasteiger partial charge on any atom is 0.322 e. The highest BCUT2D eigenvalue weighted by atomic mass is 16.5. The number of pyridine rings is 1. The maximum atomic E-state index is 13.0. The monoisotopic (exact) mass is 438 g/mol. The van der Waals surface area contributed by atoms with Crippen molar-refractivity contribution in [3.63, 3.8) is 0 Å². The molecule has 0 unspecified atom stereocenters. The Labute approximate surface area is 188 Å². The van der Waals surface area contributed by atoms with Gasteiger partial charge in [0.2, 0.25) is 0 Å². The minimum Gasteiger partial charge on any atom is -0.494 e. The number of carbonyl (C=O) groups excluding carboxylic acids is 2. The maximum absolute atomic E-state index is 13.0. The Morgan fingerprint density at radius 1 is 1.06 bits per heavy atom. The molecule has 1 aromatic heterocycles. The van der Waals surface area contributed by atoms with Gasteiger partial charge in [-0.2, -0.15) is 0 Å². The molecular weight excluding hydrogens is 408 g/mol. The van der Waals surface area contributed by atoms with Crippen molar-refractivity contribution in [3.05, 3.63) is 54.4 Å². The van der Waals surface area contributed by atoms with Crippen molar-refractivity contribution >= 4 is 17.6 Å². The summed E-state index contributed by atoms with van der Waals surface area (Å²) in [6.07, 6.45) is 6.45. The molecule has 0 spiro atoms. The number of nitrogens with zero attached hydrogens (tertiary/aromatic N) is 3.